The zero-order chi connectivity index (χ0) is 37.0. The van der Waals surface area contributed by atoms with E-state index in [1.807, 2.05) is 72.9 Å². The summed E-state index contributed by atoms with van der Waals surface area (Å²) in [7, 11) is 0. The van der Waals surface area contributed by atoms with Crippen LogP contribution in [0.1, 0.15) is 0 Å². The fourth-order valence-electron chi connectivity index (χ4n) is 8.02. The molecule has 0 fully saturated rings. The molecule has 4 heterocycles. The van der Waals surface area contributed by atoms with E-state index in [1.54, 1.807) is 0 Å². The van der Waals surface area contributed by atoms with E-state index >= 15 is 0 Å². The maximum absolute atomic E-state index is 6.27. The number of para-hydroxylation sites is 1. The number of nitrogens with zero attached hydrogens (tertiary/aromatic N) is 5. The molecule has 4 aromatic heterocycles. The number of rotatable bonds is 6. The highest BCUT2D eigenvalue weighted by Gasteiger charge is 2.23. The third kappa shape index (κ3) is 5.19. The molecule has 0 aliphatic carbocycles. The van der Waals surface area contributed by atoms with E-state index in [9.17, 15) is 0 Å². The van der Waals surface area contributed by atoms with Crippen LogP contribution in [0.25, 0.3) is 106 Å². The zero-order valence-electron chi connectivity index (χ0n) is 30.0. The minimum absolute atomic E-state index is 0.581. The van der Waals surface area contributed by atoms with E-state index in [0.29, 0.717) is 17.5 Å². The van der Waals surface area contributed by atoms with Crippen LogP contribution in [0.15, 0.2) is 193 Å². The lowest BCUT2D eigenvalue weighted by molar-refractivity contribution is 0.669. The Hall–Kier alpha value is -7.70. The van der Waals surface area contributed by atoms with Crippen LogP contribution >= 0.6 is 0 Å². The van der Waals surface area contributed by atoms with Crippen molar-refractivity contribution < 1.29 is 4.42 Å². The smallest absolute Gasteiger partial charge is 0.164 e. The molecule has 0 amide bonds. The number of pyridine rings is 1. The minimum atomic E-state index is 0.581. The Morgan fingerprint density at radius 2 is 0.946 bits per heavy atom. The Labute approximate surface area is 322 Å². The van der Waals surface area contributed by atoms with Gasteiger partial charge in [0.1, 0.15) is 11.2 Å². The average molecular weight is 718 g/mol. The van der Waals surface area contributed by atoms with Crippen molar-refractivity contribution in [1.29, 1.82) is 0 Å². The first-order chi connectivity index (χ1) is 27.8. The summed E-state index contributed by atoms with van der Waals surface area (Å²) >= 11 is 0. The molecule has 0 saturated heterocycles. The van der Waals surface area contributed by atoms with E-state index in [4.69, 9.17) is 24.5 Å². The largest absolute Gasteiger partial charge is 0.456 e. The van der Waals surface area contributed by atoms with Crippen molar-refractivity contribution in [3.63, 3.8) is 0 Å². The van der Waals surface area contributed by atoms with Crippen LogP contribution < -0.4 is 0 Å². The Balaban J connectivity index is 1.17. The van der Waals surface area contributed by atoms with Crippen LogP contribution in [-0.4, -0.2) is 24.6 Å². The lowest BCUT2D eigenvalue weighted by atomic mass is 9.91. The van der Waals surface area contributed by atoms with Crippen molar-refractivity contribution in [1.82, 2.24) is 24.6 Å². The normalized spacial score (nSPS) is 11.6. The molecule has 0 aliphatic heterocycles. The van der Waals surface area contributed by atoms with Crippen molar-refractivity contribution in [2.45, 2.75) is 0 Å². The van der Waals surface area contributed by atoms with Gasteiger partial charge in [-0.05, 0) is 34.7 Å². The molecule has 0 bridgehead atoms. The molecule has 0 atom stereocenters. The predicted molar refractivity (Wildman–Crippen MR) is 226 cm³/mol. The third-order valence-electron chi connectivity index (χ3n) is 10.5. The van der Waals surface area contributed by atoms with Crippen LogP contribution in [0, 0.1) is 0 Å². The number of hydrogen-bond donors (Lipinski definition) is 0. The second-order valence-electron chi connectivity index (χ2n) is 13.8. The van der Waals surface area contributed by atoms with Gasteiger partial charge in [0.15, 0.2) is 17.5 Å². The minimum Gasteiger partial charge on any atom is -0.456 e. The van der Waals surface area contributed by atoms with Gasteiger partial charge in [0.2, 0.25) is 0 Å². The molecule has 0 unspecified atom stereocenters. The quantitative estimate of drug-likeness (QED) is 0.171. The third-order valence-corrected chi connectivity index (χ3v) is 10.5. The Morgan fingerprint density at radius 3 is 1.71 bits per heavy atom. The molecule has 6 heteroatoms. The first-order valence-electron chi connectivity index (χ1n) is 18.6. The first kappa shape index (κ1) is 31.8. The molecule has 0 saturated carbocycles. The number of benzene rings is 7. The van der Waals surface area contributed by atoms with Crippen LogP contribution in [0.5, 0.6) is 0 Å². The van der Waals surface area contributed by atoms with E-state index in [1.165, 1.54) is 0 Å². The van der Waals surface area contributed by atoms with Gasteiger partial charge in [-0.1, -0.05) is 164 Å². The maximum Gasteiger partial charge on any atom is 0.164 e. The number of aromatic nitrogens is 5. The topological polar surface area (TPSA) is 69.1 Å². The molecule has 0 spiro atoms. The summed E-state index contributed by atoms with van der Waals surface area (Å²) in [5, 5.41) is 9.36. The van der Waals surface area contributed by atoms with Crippen molar-refractivity contribution in [2.24, 2.45) is 0 Å². The number of furan rings is 1. The SMILES string of the molecule is c1ccc(-c2nc(-c3cccc(-c4c(-c5ccccc5)n5ncc(-c6ccccc6)c5c5ccccc45)c3)nc(-c3cccc4oc5ccccc5c34)n2)cc1. The summed E-state index contributed by atoms with van der Waals surface area (Å²) in [6.07, 6.45) is 1.99. The second-order valence-corrected chi connectivity index (χ2v) is 13.8. The molecular formula is C50H31N5O. The molecule has 56 heavy (non-hydrogen) atoms. The van der Waals surface area contributed by atoms with Gasteiger partial charge in [0, 0.05) is 49.5 Å². The van der Waals surface area contributed by atoms with Crippen LogP contribution in [0.2, 0.25) is 0 Å². The van der Waals surface area contributed by atoms with Gasteiger partial charge in [-0.2, -0.15) is 5.10 Å². The summed E-state index contributed by atoms with van der Waals surface area (Å²) < 4.78 is 8.39. The molecule has 11 aromatic rings. The highest BCUT2D eigenvalue weighted by Crippen LogP contribution is 2.43. The summed E-state index contributed by atoms with van der Waals surface area (Å²) in [5.41, 5.74) is 11.8. The van der Waals surface area contributed by atoms with Gasteiger partial charge >= 0.3 is 0 Å². The van der Waals surface area contributed by atoms with Crippen molar-refractivity contribution in [3.05, 3.63) is 188 Å². The molecule has 0 radical (unpaired) electrons. The zero-order valence-corrected chi connectivity index (χ0v) is 30.0. The van der Waals surface area contributed by atoms with E-state index in [0.717, 1.165) is 88.4 Å². The average Bonchev–Trinajstić information content (AvgIpc) is 3.89. The Bertz CT molecular complexity index is 3240. The first-order valence-corrected chi connectivity index (χ1v) is 18.6. The van der Waals surface area contributed by atoms with E-state index in [2.05, 4.69) is 120 Å². The van der Waals surface area contributed by atoms with Gasteiger partial charge in [-0.3, -0.25) is 0 Å². The lowest BCUT2D eigenvalue weighted by Gasteiger charge is -2.18. The Kier molecular flexibility index (Phi) is 7.38. The standard InChI is InChI=1S/C50H31N5O/c1-4-16-32(17-5-1)41-31-51-55-46(33-18-6-2-7-19-33)44(37-24-10-11-25-38(37)47(41)55)35-22-14-23-36(30-35)49-52-48(34-20-8-3-9-21-34)53-50(54-49)40-27-15-29-43-45(40)39-26-12-13-28-42(39)56-43/h1-31H. The molecule has 0 aliphatic rings. The maximum atomic E-state index is 6.27. The molecule has 7 aromatic carbocycles. The summed E-state index contributed by atoms with van der Waals surface area (Å²) in [4.78, 5) is 15.4. The Morgan fingerprint density at radius 1 is 0.393 bits per heavy atom. The summed E-state index contributed by atoms with van der Waals surface area (Å²) in [5.74, 6) is 1.76. The lowest BCUT2D eigenvalue weighted by Crippen LogP contribution is -2.01. The molecule has 6 nitrogen and oxygen atoms in total. The fourth-order valence-corrected chi connectivity index (χ4v) is 8.02. The van der Waals surface area contributed by atoms with Crippen molar-refractivity contribution in [3.8, 4) is 67.7 Å². The van der Waals surface area contributed by atoms with Crippen molar-refractivity contribution in [2.75, 3.05) is 0 Å². The van der Waals surface area contributed by atoms with Gasteiger partial charge in [-0.25, -0.2) is 19.5 Å². The van der Waals surface area contributed by atoms with Gasteiger partial charge in [0.05, 0.1) is 17.4 Å². The highest BCUT2D eigenvalue weighted by molar-refractivity contribution is 6.13. The highest BCUT2D eigenvalue weighted by atomic mass is 16.3. The van der Waals surface area contributed by atoms with Crippen LogP contribution in [0.4, 0.5) is 0 Å². The van der Waals surface area contributed by atoms with Gasteiger partial charge < -0.3 is 4.42 Å². The summed E-state index contributed by atoms with van der Waals surface area (Å²) in [6.45, 7) is 0. The molecule has 262 valence electrons. The van der Waals surface area contributed by atoms with Gasteiger partial charge in [0.25, 0.3) is 0 Å². The molecular weight excluding hydrogens is 687 g/mol. The predicted octanol–water partition coefficient (Wildman–Crippen LogP) is 12.6. The molecule has 11 rings (SSSR count). The van der Waals surface area contributed by atoms with Gasteiger partial charge in [-0.15, -0.1) is 0 Å². The van der Waals surface area contributed by atoms with Crippen molar-refractivity contribution >= 4 is 38.2 Å². The number of hydrogen-bond acceptors (Lipinski definition) is 5. The van der Waals surface area contributed by atoms with Crippen LogP contribution in [-0.2, 0) is 0 Å². The van der Waals surface area contributed by atoms with E-state index in [-0.39, 0.29) is 0 Å². The van der Waals surface area contributed by atoms with E-state index < -0.39 is 0 Å². The van der Waals surface area contributed by atoms with Crippen LogP contribution in [0.3, 0.4) is 0 Å². The molecule has 0 N–H and O–H groups in total. The fraction of sp³-hybridized carbons (Fsp3) is 0. The summed E-state index contributed by atoms with van der Waals surface area (Å²) in [6, 6.07) is 62.5. The monoisotopic (exact) mass is 717 g/mol. The number of fused-ring (bicyclic) bond motifs is 6. The second kappa shape index (κ2) is 13.0.